The molecule has 0 unspecified atom stereocenters. The van der Waals surface area contributed by atoms with Crippen LogP contribution in [0.25, 0.3) is 16.7 Å². The van der Waals surface area contributed by atoms with Crippen molar-refractivity contribution in [3.63, 3.8) is 0 Å². The number of benzene rings is 2. The normalized spacial score (nSPS) is 11.0. The molecule has 1 heterocycles. The van der Waals surface area contributed by atoms with E-state index in [9.17, 15) is 18.0 Å². The summed E-state index contributed by atoms with van der Waals surface area (Å²) in [6.45, 7) is 0. The van der Waals surface area contributed by atoms with Crippen molar-refractivity contribution in [3.8, 4) is 5.69 Å². The van der Waals surface area contributed by atoms with Crippen molar-refractivity contribution in [1.82, 2.24) is 15.0 Å². The molecule has 0 saturated heterocycles. The summed E-state index contributed by atoms with van der Waals surface area (Å²) >= 11 is 0. The third-order valence-corrected chi connectivity index (χ3v) is 2.89. The Morgan fingerprint density at radius 2 is 1.90 bits per heavy atom. The smallest absolute Gasteiger partial charge is 0.335 e. The first-order chi connectivity index (χ1) is 9.97. The molecule has 0 aliphatic carbocycles. The standard InChI is InChI=1S/C13H6F3N3O2/c14-7-4-8(15)12(16)11(5-7)19-10-2-1-6(13(20)21)3-9(10)17-18-19/h1-5H,(H,20,21). The summed E-state index contributed by atoms with van der Waals surface area (Å²) in [7, 11) is 0. The third kappa shape index (κ3) is 2.10. The lowest BCUT2D eigenvalue weighted by atomic mass is 10.2. The van der Waals surface area contributed by atoms with Crippen LogP contribution in [0.15, 0.2) is 30.3 Å². The number of nitrogens with zero attached hydrogens (tertiary/aromatic N) is 3. The summed E-state index contributed by atoms with van der Waals surface area (Å²) in [4.78, 5) is 10.9. The molecule has 0 amide bonds. The van der Waals surface area contributed by atoms with Crippen LogP contribution in [0.1, 0.15) is 10.4 Å². The zero-order valence-electron chi connectivity index (χ0n) is 10.2. The Bertz CT molecular complexity index is 876. The van der Waals surface area contributed by atoms with E-state index >= 15 is 0 Å². The van der Waals surface area contributed by atoms with Crippen LogP contribution < -0.4 is 0 Å². The Kier molecular flexibility index (Phi) is 2.86. The zero-order valence-corrected chi connectivity index (χ0v) is 10.2. The average Bonchev–Trinajstić information content (AvgIpc) is 2.85. The van der Waals surface area contributed by atoms with E-state index in [0.29, 0.717) is 6.07 Å². The molecule has 0 bridgehead atoms. The lowest BCUT2D eigenvalue weighted by Crippen LogP contribution is -2.03. The van der Waals surface area contributed by atoms with E-state index in [1.165, 1.54) is 18.2 Å². The Morgan fingerprint density at radius 1 is 1.14 bits per heavy atom. The molecule has 1 N–H and O–H groups in total. The van der Waals surface area contributed by atoms with Gasteiger partial charge < -0.3 is 5.11 Å². The van der Waals surface area contributed by atoms with Crippen molar-refractivity contribution < 1.29 is 23.1 Å². The van der Waals surface area contributed by atoms with Crippen molar-refractivity contribution in [2.75, 3.05) is 0 Å². The topological polar surface area (TPSA) is 68.0 Å². The first kappa shape index (κ1) is 13.1. The summed E-state index contributed by atoms with van der Waals surface area (Å²) in [5, 5.41) is 16.2. The van der Waals surface area contributed by atoms with Gasteiger partial charge in [0.1, 0.15) is 17.0 Å². The van der Waals surface area contributed by atoms with E-state index in [1.807, 2.05) is 0 Å². The maximum Gasteiger partial charge on any atom is 0.335 e. The highest BCUT2D eigenvalue weighted by molar-refractivity contribution is 5.92. The molecule has 3 rings (SSSR count). The molecule has 3 aromatic rings. The highest BCUT2D eigenvalue weighted by atomic mass is 19.2. The minimum Gasteiger partial charge on any atom is -0.478 e. The lowest BCUT2D eigenvalue weighted by molar-refractivity contribution is 0.0697. The van der Waals surface area contributed by atoms with Gasteiger partial charge in [0.05, 0.1) is 11.1 Å². The van der Waals surface area contributed by atoms with Gasteiger partial charge in [-0.1, -0.05) is 5.21 Å². The molecule has 0 aliphatic heterocycles. The lowest BCUT2D eigenvalue weighted by Gasteiger charge is -2.05. The minimum atomic E-state index is -1.35. The number of rotatable bonds is 2. The van der Waals surface area contributed by atoms with Gasteiger partial charge in [-0.2, -0.15) is 0 Å². The molecule has 0 saturated carbocycles. The summed E-state index contributed by atoms with van der Waals surface area (Å²) in [5.74, 6) is -4.74. The van der Waals surface area contributed by atoms with Crippen LogP contribution in [0, 0.1) is 17.5 Å². The first-order valence-electron chi connectivity index (χ1n) is 5.71. The van der Waals surface area contributed by atoms with E-state index in [0.717, 1.165) is 10.7 Å². The predicted octanol–water partition coefficient (Wildman–Crippen LogP) is 2.54. The molecule has 106 valence electrons. The van der Waals surface area contributed by atoms with Gasteiger partial charge in [-0.05, 0) is 18.2 Å². The summed E-state index contributed by atoms with van der Waals surface area (Å²) in [5.41, 5.74) is -0.0820. The van der Waals surface area contributed by atoms with Crippen LogP contribution in [0.3, 0.4) is 0 Å². The predicted molar refractivity (Wildman–Crippen MR) is 65.7 cm³/mol. The van der Waals surface area contributed by atoms with Gasteiger partial charge in [-0.25, -0.2) is 22.6 Å². The third-order valence-electron chi connectivity index (χ3n) is 2.89. The number of fused-ring (bicyclic) bond motifs is 1. The second-order valence-corrected chi connectivity index (χ2v) is 4.23. The number of carboxylic acids is 1. The minimum absolute atomic E-state index is 0.0274. The van der Waals surface area contributed by atoms with E-state index in [-0.39, 0.29) is 16.6 Å². The largest absolute Gasteiger partial charge is 0.478 e. The Labute approximate surface area is 115 Å². The van der Waals surface area contributed by atoms with Crippen molar-refractivity contribution in [3.05, 3.63) is 53.3 Å². The molecular formula is C13H6F3N3O2. The van der Waals surface area contributed by atoms with Crippen LogP contribution in [0.4, 0.5) is 13.2 Å². The number of hydrogen-bond acceptors (Lipinski definition) is 3. The van der Waals surface area contributed by atoms with Crippen LogP contribution in [0.2, 0.25) is 0 Å². The van der Waals surface area contributed by atoms with E-state index in [1.54, 1.807) is 0 Å². The number of halogens is 3. The van der Waals surface area contributed by atoms with E-state index < -0.39 is 29.1 Å². The Hall–Kier alpha value is -2.90. The van der Waals surface area contributed by atoms with Crippen molar-refractivity contribution >= 4 is 17.0 Å². The van der Waals surface area contributed by atoms with Crippen molar-refractivity contribution in [2.45, 2.75) is 0 Å². The van der Waals surface area contributed by atoms with Crippen molar-refractivity contribution in [2.24, 2.45) is 0 Å². The van der Waals surface area contributed by atoms with Gasteiger partial charge in [0.2, 0.25) is 0 Å². The monoisotopic (exact) mass is 293 g/mol. The van der Waals surface area contributed by atoms with Gasteiger partial charge in [-0.3, -0.25) is 0 Å². The fourth-order valence-corrected chi connectivity index (χ4v) is 1.93. The number of aromatic carboxylic acids is 1. The van der Waals surface area contributed by atoms with E-state index in [4.69, 9.17) is 5.11 Å². The van der Waals surface area contributed by atoms with Gasteiger partial charge in [0, 0.05) is 12.1 Å². The molecule has 0 fully saturated rings. The molecule has 0 atom stereocenters. The highest BCUT2D eigenvalue weighted by Gasteiger charge is 2.17. The molecule has 1 aromatic heterocycles. The number of carbonyl (C=O) groups is 1. The fraction of sp³-hybridized carbons (Fsp3) is 0. The maximum absolute atomic E-state index is 13.8. The zero-order chi connectivity index (χ0) is 15.1. The average molecular weight is 293 g/mol. The molecule has 21 heavy (non-hydrogen) atoms. The number of aromatic nitrogens is 3. The summed E-state index contributed by atoms with van der Waals surface area (Å²) in [6, 6.07) is 5.02. The number of carboxylic acid groups (broad SMARTS) is 1. The van der Waals surface area contributed by atoms with Gasteiger partial charge in [0.15, 0.2) is 11.6 Å². The van der Waals surface area contributed by atoms with E-state index in [2.05, 4.69) is 10.3 Å². The summed E-state index contributed by atoms with van der Waals surface area (Å²) in [6.07, 6.45) is 0. The van der Waals surface area contributed by atoms with Crippen LogP contribution in [0.5, 0.6) is 0 Å². The quantitative estimate of drug-likeness (QED) is 0.737. The second-order valence-electron chi connectivity index (χ2n) is 4.23. The van der Waals surface area contributed by atoms with Gasteiger partial charge in [0.25, 0.3) is 0 Å². The molecule has 0 spiro atoms. The van der Waals surface area contributed by atoms with Crippen LogP contribution in [-0.2, 0) is 0 Å². The first-order valence-corrected chi connectivity index (χ1v) is 5.71. The van der Waals surface area contributed by atoms with Gasteiger partial charge in [-0.15, -0.1) is 5.10 Å². The molecule has 5 nitrogen and oxygen atoms in total. The van der Waals surface area contributed by atoms with Crippen LogP contribution >= 0.6 is 0 Å². The van der Waals surface area contributed by atoms with Crippen molar-refractivity contribution in [1.29, 1.82) is 0 Å². The van der Waals surface area contributed by atoms with Crippen LogP contribution in [-0.4, -0.2) is 26.1 Å². The number of hydrogen-bond donors (Lipinski definition) is 1. The molecule has 2 aromatic carbocycles. The molecular weight excluding hydrogens is 287 g/mol. The summed E-state index contributed by atoms with van der Waals surface area (Å²) < 4.78 is 41.1. The highest BCUT2D eigenvalue weighted by Crippen LogP contribution is 2.22. The second kappa shape index (κ2) is 4.58. The SMILES string of the molecule is O=C(O)c1ccc2c(c1)nnn2-c1cc(F)cc(F)c1F. The molecule has 8 heteroatoms. The fourth-order valence-electron chi connectivity index (χ4n) is 1.93. The molecule has 0 aliphatic rings. The Balaban J connectivity index is 2.25. The Morgan fingerprint density at radius 3 is 2.62 bits per heavy atom. The maximum atomic E-state index is 13.8. The van der Waals surface area contributed by atoms with Gasteiger partial charge >= 0.3 is 5.97 Å². The molecule has 0 radical (unpaired) electrons.